The van der Waals surface area contributed by atoms with Crippen molar-refractivity contribution in [3.63, 3.8) is 0 Å². The van der Waals surface area contributed by atoms with Gasteiger partial charge in [-0.25, -0.2) is 4.79 Å². The number of nitrogens with one attached hydrogen (secondary N) is 1. The van der Waals surface area contributed by atoms with Gasteiger partial charge in [-0.2, -0.15) is 31.6 Å². The lowest BCUT2D eigenvalue weighted by atomic mass is 10.1. The first-order valence-electron chi connectivity index (χ1n) is 13.5. The number of anilines is 2. The number of hydrogen-bond donors (Lipinski definition) is 1. The molecule has 1 amide bonds. The molecule has 0 bridgehead atoms. The Morgan fingerprint density at radius 1 is 1.05 bits per heavy atom. The largest absolute Gasteiger partial charge is 0.534 e. The van der Waals surface area contributed by atoms with E-state index < -0.39 is 33.1 Å². The monoisotopic (exact) mass is 617 g/mol. The second-order valence-corrected chi connectivity index (χ2v) is 12.6. The highest BCUT2D eigenvalue weighted by Crippen LogP contribution is 2.37. The van der Waals surface area contributed by atoms with Gasteiger partial charge in [0.2, 0.25) is 5.95 Å². The number of ether oxygens (including phenoxy) is 1. The van der Waals surface area contributed by atoms with Crippen LogP contribution in [-0.4, -0.2) is 46.7 Å². The number of aromatic nitrogens is 3. The SMILES string of the molecule is Cc1cc2c(OS(=O)(=O)C(F)(F)F)cccc2n1-c1nc(NCc2ccccc2)c2c(n1)N(C(=O)OC(C)(C)C)CCC2. The summed E-state index contributed by atoms with van der Waals surface area (Å²) in [7, 11) is -5.90. The van der Waals surface area contributed by atoms with Crippen molar-refractivity contribution in [2.45, 2.75) is 58.2 Å². The minimum absolute atomic E-state index is 0.108. The zero-order valence-corrected chi connectivity index (χ0v) is 24.7. The van der Waals surface area contributed by atoms with Crippen LogP contribution in [0.5, 0.6) is 5.75 Å². The molecule has 0 spiro atoms. The molecule has 0 aliphatic carbocycles. The molecule has 2 aromatic carbocycles. The topological polar surface area (TPSA) is 116 Å². The van der Waals surface area contributed by atoms with E-state index in [-0.39, 0.29) is 11.3 Å². The molecule has 10 nitrogen and oxygen atoms in total. The van der Waals surface area contributed by atoms with E-state index in [1.54, 1.807) is 38.3 Å². The summed E-state index contributed by atoms with van der Waals surface area (Å²) in [6.07, 6.45) is 0.661. The van der Waals surface area contributed by atoms with Crippen LogP contribution in [0, 0.1) is 6.92 Å². The summed E-state index contributed by atoms with van der Waals surface area (Å²) in [6.45, 7) is 7.75. The van der Waals surface area contributed by atoms with Crippen LogP contribution in [0.4, 0.5) is 29.6 Å². The average molecular weight is 618 g/mol. The molecule has 1 aliphatic heterocycles. The van der Waals surface area contributed by atoms with Crippen LogP contribution in [0.3, 0.4) is 0 Å². The highest BCUT2D eigenvalue weighted by Gasteiger charge is 2.48. The maximum Gasteiger partial charge on any atom is 0.534 e. The van der Waals surface area contributed by atoms with Crippen LogP contribution >= 0.6 is 0 Å². The van der Waals surface area contributed by atoms with Crippen LogP contribution in [0.2, 0.25) is 0 Å². The molecule has 14 heteroatoms. The predicted molar refractivity (Wildman–Crippen MR) is 155 cm³/mol. The Morgan fingerprint density at radius 2 is 1.77 bits per heavy atom. The number of nitrogens with zero attached hydrogens (tertiary/aromatic N) is 4. The van der Waals surface area contributed by atoms with Crippen LogP contribution in [0.15, 0.2) is 54.6 Å². The highest BCUT2D eigenvalue weighted by atomic mass is 32.2. The van der Waals surface area contributed by atoms with Crippen molar-refractivity contribution in [2.24, 2.45) is 0 Å². The summed E-state index contributed by atoms with van der Waals surface area (Å²) in [5.74, 6) is 0.445. The molecule has 0 saturated carbocycles. The smallest absolute Gasteiger partial charge is 0.443 e. The summed E-state index contributed by atoms with van der Waals surface area (Å²) < 4.78 is 74.5. The number of amides is 1. The van der Waals surface area contributed by atoms with Gasteiger partial charge >= 0.3 is 21.7 Å². The van der Waals surface area contributed by atoms with Gasteiger partial charge in [0.1, 0.15) is 17.2 Å². The number of carbonyl (C=O) groups excluding carboxylic acids is 1. The fourth-order valence-corrected chi connectivity index (χ4v) is 5.27. The highest BCUT2D eigenvalue weighted by molar-refractivity contribution is 7.88. The van der Waals surface area contributed by atoms with Gasteiger partial charge in [-0.1, -0.05) is 36.4 Å². The lowest BCUT2D eigenvalue weighted by molar-refractivity contribution is -0.0499. The zero-order chi connectivity index (χ0) is 31.2. The van der Waals surface area contributed by atoms with E-state index >= 15 is 0 Å². The second-order valence-electron chi connectivity index (χ2n) is 11.0. The Bertz CT molecular complexity index is 1780. The summed E-state index contributed by atoms with van der Waals surface area (Å²) in [4.78, 5) is 24.3. The molecule has 228 valence electrons. The van der Waals surface area contributed by atoms with Crippen molar-refractivity contribution in [3.05, 3.63) is 71.4 Å². The third-order valence-corrected chi connectivity index (χ3v) is 7.59. The molecule has 0 saturated heterocycles. The Hall–Kier alpha value is -4.33. The molecule has 0 radical (unpaired) electrons. The number of halogens is 3. The van der Waals surface area contributed by atoms with Crippen LogP contribution in [-0.2, 0) is 27.8 Å². The number of hydrogen-bond acceptors (Lipinski definition) is 8. The van der Waals surface area contributed by atoms with E-state index in [4.69, 9.17) is 14.7 Å². The molecular weight excluding hydrogens is 587 g/mol. The Balaban J connectivity index is 1.65. The molecule has 43 heavy (non-hydrogen) atoms. The van der Waals surface area contributed by atoms with Crippen molar-refractivity contribution in [1.82, 2.24) is 14.5 Å². The minimum atomic E-state index is -5.90. The first-order valence-corrected chi connectivity index (χ1v) is 14.9. The second kappa shape index (κ2) is 11.1. The van der Waals surface area contributed by atoms with Crippen LogP contribution in [0.1, 0.15) is 44.0 Å². The molecule has 5 rings (SSSR count). The number of rotatable bonds is 6. The van der Waals surface area contributed by atoms with Crippen LogP contribution in [0.25, 0.3) is 16.9 Å². The van der Waals surface area contributed by atoms with Gasteiger partial charge in [0.25, 0.3) is 0 Å². The van der Waals surface area contributed by atoms with E-state index in [0.717, 1.165) is 11.6 Å². The maximum absolute atomic E-state index is 13.3. The normalized spacial score (nSPS) is 14.0. The number of aryl methyl sites for hydroxylation is 1. The lowest BCUT2D eigenvalue weighted by Gasteiger charge is -2.31. The third-order valence-electron chi connectivity index (χ3n) is 6.63. The molecule has 1 N–H and O–H groups in total. The number of alkyl halides is 3. The predicted octanol–water partition coefficient (Wildman–Crippen LogP) is 6.26. The number of fused-ring (bicyclic) bond motifs is 2. The molecule has 4 aromatic rings. The molecule has 3 heterocycles. The van der Waals surface area contributed by atoms with E-state index in [0.29, 0.717) is 54.3 Å². The molecule has 0 fully saturated rings. The average Bonchev–Trinajstić information content (AvgIpc) is 3.26. The minimum Gasteiger partial charge on any atom is -0.443 e. The lowest BCUT2D eigenvalue weighted by Crippen LogP contribution is -2.41. The molecular formula is C29H30F3N5O5S. The summed E-state index contributed by atoms with van der Waals surface area (Å²) in [6, 6.07) is 15.2. The van der Waals surface area contributed by atoms with Crippen molar-refractivity contribution in [1.29, 1.82) is 0 Å². The fourth-order valence-electron chi connectivity index (χ4n) is 4.80. The van der Waals surface area contributed by atoms with E-state index in [1.807, 2.05) is 30.3 Å². The van der Waals surface area contributed by atoms with Gasteiger partial charge in [-0.3, -0.25) is 9.47 Å². The first kappa shape index (κ1) is 30.1. The van der Waals surface area contributed by atoms with Crippen molar-refractivity contribution in [3.8, 4) is 11.7 Å². The van der Waals surface area contributed by atoms with Crippen molar-refractivity contribution >= 4 is 38.8 Å². The summed E-state index contributed by atoms with van der Waals surface area (Å²) >= 11 is 0. The number of carbonyl (C=O) groups is 1. The van der Waals surface area contributed by atoms with Crippen molar-refractivity contribution in [2.75, 3.05) is 16.8 Å². The Morgan fingerprint density at radius 3 is 2.44 bits per heavy atom. The quantitative estimate of drug-likeness (QED) is 0.199. The molecule has 1 aliphatic rings. The summed E-state index contributed by atoms with van der Waals surface area (Å²) in [5.41, 5.74) is -3.85. The van der Waals surface area contributed by atoms with E-state index in [1.165, 1.54) is 17.0 Å². The van der Waals surface area contributed by atoms with Gasteiger partial charge in [-0.15, -0.1) is 0 Å². The molecule has 0 atom stereocenters. The van der Waals surface area contributed by atoms with Crippen LogP contribution < -0.4 is 14.4 Å². The fraction of sp³-hybridized carbons (Fsp3) is 0.345. The van der Waals surface area contributed by atoms with E-state index in [9.17, 15) is 26.4 Å². The standard InChI is InChI=1S/C29H30F3N5O5S/c1-18-16-21-22(13-8-14-23(21)42-43(39,40)29(30,31)32)37(18)26-34-24(33-17-19-10-6-5-7-11-19)20-12-9-15-36(25(20)35-26)27(38)41-28(2,3)4/h5-8,10-11,13-14,16H,9,12,15,17H2,1-4H3,(H,33,34,35). The van der Waals surface area contributed by atoms with Gasteiger partial charge < -0.3 is 14.2 Å². The van der Waals surface area contributed by atoms with Gasteiger partial charge in [0.05, 0.1) is 5.52 Å². The van der Waals surface area contributed by atoms with Gasteiger partial charge in [-0.05, 0) is 64.3 Å². The zero-order valence-electron chi connectivity index (χ0n) is 23.9. The van der Waals surface area contributed by atoms with Gasteiger partial charge in [0.15, 0.2) is 5.75 Å². The first-order chi connectivity index (χ1) is 20.1. The van der Waals surface area contributed by atoms with Gasteiger partial charge in [0, 0.05) is 29.7 Å². The van der Waals surface area contributed by atoms with E-state index in [2.05, 4.69) is 9.50 Å². The molecule has 0 unspecified atom stereocenters. The third kappa shape index (κ3) is 6.24. The maximum atomic E-state index is 13.3. The Kier molecular flexibility index (Phi) is 7.75. The van der Waals surface area contributed by atoms with Crippen molar-refractivity contribution < 1.29 is 35.3 Å². The number of benzene rings is 2. The Labute approximate surface area is 246 Å². The summed E-state index contributed by atoms with van der Waals surface area (Å²) in [5, 5.41) is 3.46. The molecule has 2 aromatic heterocycles.